The van der Waals surface area contributed by atoms with Gasteiger partial charge in [0.2, 0.25) is 0 Å². The molecule has 0 bridgehead atoms. The molecule has 20 heavy (non-hydrogen) atoms. The van der Waals surface area contributed by atoms with Crippen LogP contribution in [-0.4, -0.2) is 5.84 Å². The van der Waals surface area contributed by atoms with Crippen molar-refractivity contribution in [3.63, 3.8) is 0 Å². The fourth-order valence-corrected chi connectivity index (χ4v) is 1.92. The summed E-state index contributed by atoms with van der Waals surface area (Å²) in [6, 6.07) is 6.31. The molecule has 0 aliphatic heterocycles. The third-order valence-corrected chi connectivity index (χ3v) is 2.97. The number of anilines is 1. The highest BCUT2D eigenvalue weighted by Gasteiger charge is 2.05. The van der Waals surface area contributed by atoms with Gasteiger partial charge in [0, 0.05) is 11.9 Å². The maximum atomic E-state index is 4.36. The minimum Gasteiger partial charge on any atom is -0.340 e. The largest absolute Gasteiger partial charge is 0.340 e. The van der Waals surface area contributed by atoms with Gasteiger partial charge in [-0.3, -0.25) is 0 Å². The summed E-state index contributed by atoms with van der Waals surface area (Å²) >= 11 is 0. The van der Waals surface area contributed by atoms with E-state index >= 15 is 0 Å². The van der Waals surface area contributed by atoms with Gasteiger partial charge in [0.05, 0.1) is 0 Å². The quantitative estimate of drug-likeness (QED) is 0.576. The van der Waals surface area contributed by atoms with E-state index in [4.69, 9.17) is 0 Å². The van der Waals surface area contributed by atoms with Crippen molar-refractivity contribution in [2.45, 2.75) is 34.1 Å². The molecule has 0 saturated heterocycles. The zero-order chi connectivity index (χ0) is 15.1. The molecule has 0 fully saturated rings. The number of nitrogens with one attached hydrogen (secondary N) is 1. The first kappa shape index (κ1) is 16.0. The van der Waals surface area contributed by atoms with Crippen molar-refractivity contribution in [2.75, 3.05) is 5.32 Å². The molecule has 0 radical (unpaired) electrons. The molecule has 1 N–H and O–H groups in total. The Balaban J connectivity index is 3.09. The van der Waals surface area contributed by atoms with E-state index in [2.05, 4.69) is 48.6 Å². The van der Waals surface area contributed by atoms with Gasteiger partial charge in [0.1, 0.15) is 5.84 Å². The Labute approximate surface area is 122 Å². The van der Waals surface area contributed by atoms with E-state index in [1.54, 1.807) is 6.20 Å². The van der Waals surface area contributed by atoms with Crippen molar-refractivity contribution >= 4 is 17.1 Å². The number of nitrogens with zero attached hydrogens (tertiary/aromatic N) is 1. The molecule has 2 heteroatoms. The second-order valence-corrected chi connectivity index (χ2v) is 4.87. The molecule has 0 aliphatic rings. The van der Waals surface area contributed by atoms with E-state index in [9.17, 15) is 0 Å². The third-order valence-electron chi connectivity index (χ3n) is 2.97. The Hall–Kier alpha value is -2.09. The molecule has 0 aromatic heterocycles. The first-order chi connectivity index (χ1) is 9.49. The van der Waals surface area contributed by atoms with Crippen LogP contribution in [0.3, 0.4) is 0 Å². The molecule has 106 valence electrons. The van der Waals surface area contributed by atoms with Gasteiger partial charge < -0.3 is 5.32 Å². The van der Waals surface area contributed by atoms with Crippen molar-refractivity contribution in [1.82, 2.24) is 0 Å². The highest BCUT2D eigenvalue weighted by molar-refractivity contribution is 6.07. The number of hydrogen-bond donors (Lipinski definition) is 1. The number of allylic oxidation sites excluding steroid dienone is 2. The molecule has 1 rings (SSSR count). The average Bonchev–Trinajstić information content (AvgIpc) is 2.42. The van der Waals surface area contributed by atoms with Crippen molar-refractivity contribution in [3.8, 4) is 0 Å². The molecule has 2 nitrogen and oxygen atoms in total. The van der Waals surface area contributed by atoms with Gasteiger partial charge >= 0.3 is 0 Å². The number of aliphatic imine (C=N–C) groups is 1. The fourth-order valence-electron chi connectivity index (χ4n) is 1.92. The number of benzene rings is 1. The first-order valence-corrected chi connectivity index (χ1v) is 6.90. The average molecular weight is 268 g/mol. The second-order valence-electron chi connectivity index (χ2n) is 4.87. The van der Waals surface area contributed by atoms with Crippen LogP contribution in [-0.2, 0) is 6.42 Å². The van der Waals surface area contributed by atoms with Gasteiger partial charge in [-0.25, -0.2) is 4.99 Å². The lowest BCUT2D eigenvalue weighted by molar-refractivity contribution is 1.13. The number of rotatable bonds is 5. The monoisotopic (exact) mass is 268 g/mol. The molecule has 0 heterocycles. The van der Waals surface area contributed by atoms with Crippen molar-refractivity contribution in [2.24, 2.45) is 4.99 Å². The van der Waals surface area contributed by atoms with E-state index in [1.165, 1.54) is 11.1 Å². The first-order valence-electron chi connectivity index (χ1n) is 6.90. The fraction of sp³-hybridized carbons (Fsp3) is 0.278. The van der Waals surface area contributed by atoms with E-state index < -0.39 is 0 Å². The predicted molar refractivity (Wildman–Crippen MR) is 91.2 cm³/mol. The molecular weight excluding hydrogens is 244 g/mol. The smallest absolute Gasteiger partial charge is 0.132 e. The molecule has 0 saturated carbocycles. The minimum atomic E-state index is 0.785. The van der Waals surface area contributed by atoms with Gasteiger partial charge in [-0.15, -0.1) is 0 Å². The molecule has 1 aromatic rings. The lowest BCUT2D eigenvalue weighted by Gasteiger charge is -2.13. The molecular formula is C18H24N2. The summed E-state index contributed by atoms with van der Waals surface area (Å²) in [5.41, 5.74) is 5.54. The van der Waals surface area contributed by atoms with Crippen LogP contribution < -0.4 is 5.32 Å². The third kappa shape index (κ3) is 4.23. The summed E-state index contributed by atoms with van der Waals surface area (Å²) in [7, 11) is 0. The van der Waals surface area contributed by atoms with Crippen molar-refractivity contribution in [3.05, 3.63) is 60.3 Å². The van der Waals surface area contributed by atoms with Crippen molar-refractivity contribution < 1.29 is 0 Å². The molecule has 0 atom stereocenters. The van der Waals surface area contributed by atoms with Crippen molar-refractivity contribution in [1.29, 1.82) is 0 Å². The topological polar surface area (TPSA) is 24.4 Å². The van der Waals surface area contributed by atoms with Crippen LogP contribution in [0.2, 0.25) is 0 Å². The Kier molecular flexibility index (Phi) is 5.98. The van der Waals surface area contributed by atoms with Gasteiger partial charge in [0.25, 0.3) is 0 Å². The van der Waals surface area contributed by atoms with Crippen LogP contribution >= 0.6 is 0 Å². The summed E-state index contributed by atoms with van der Waals surface area (Å²) in [5, 5.41) is 3.32. The zero-order valence-electron chi connectivity index (χ0n) is 13.0. The van der Waals surface area contributed by atoms with E-state index in [-0.39, 0.29) is 0 Å². The van der Waals surface area contributed by atoms with Crippen LogP contribution in [0, 0.1) is 0 Å². The van der Waals surface area contributed by atoms with Crippen LogP contribution in [0.1, 0.15) is 38.8 Å². The highest BCUT2D eigenvalue weighted by atomic mass is 15.0. The van der Waals surface area contributed by atoms with Gasteiger partial charge in [-0.2, -0.15) is 0 Å². The normalized spacial score (nSPS) is 11.7. The molecule has 0 spiro atoms. The minimum absolute atomic E-state index is 0.785. The second kappa shape index (κ2) is 7.49. The number of hydrogen-bond acceptors (Lipinski definition) is 1. The predicted octanol–water partition coefficient (Wildman–Crippen LogP) is 5.20. The van der Waals surface area contributed by atoms with Gasteiger partial charge in [0.15, 0.2) is 0 Å². The highest BCUT2D eigenvalue weighted by Crippen LogP contribution is 2.22. The van der Waals surface area contributed by atoms with Crippen LogP contribution in [0.4, 0.5) is 5.69 Å². The molecule has 0 amide bonds. The van der Waals surface area contributed by atoms with Crippen LogP contribution in [0.15, 0.2) is 54.2 Å². The summed E-state index contributed by atoms with van der Waals surface area (Å²) in [6.07, 6.45) is 4.64. The lowest BCUT2D eigenvalue weighted by Crippen LogP contribution is -2.12. The molecule has 0 unspecified atom stereocenters. The summed E-state index contributed by atoms with van der Waals surface area (Å²) < 4.78 is 0. The summed E-state index contributed by atoms with van der Waals surface area (Å²) in [5.74, 6) is 0.785. The van der Waals surface area contributed by atoms with E-state index in [0.29, 0.717) is 0 Å². The summed E-state index contributed by atoms with van der Waals surface area (Å²) in [6.45, 7) is 16.0. The van der Waals surface area contributed by atoms with Crippen LogP contribution in [0.5, 0.6) is 0 Å². The van der Waals surface area contributed by atoms with Gasteiger partial charge in [-0.1, -0.05) is 37.8 Å². The number of aryl methyl sites for hydroxylation is 1. The van der Waals surface area contributed by atoms with Gasteiger partial charge in [-0.05, 0) is 56.0 Å². The van der Waals surface area contributed by atoms with E-state index in [1.807, 2.05) is 26.8 Å². The number of amidine groups is 1. The van der Waals surface area contributed by atoms with Crippen LogP contribution in [0.25, 0.3) is 5.57 Å². The Morgan fingerprint density at radius 3 is 2.50 bits per heavy atom. The Bertz CT molecular complexity index is 563. The molecule has 0 aliphatic carbocycles. The Morgan fingerprint density at radius 1 is 1.30 bits per heavy atom. The lowest BCUT2D eigenvalue weighted by atomic mass is 9.99. The zero-order valence-corrected chi connectivity index (χ0v) is 13.0. The SMILES string of the molecule is C=C(C)C(=N/C=C\C)Nc1ccc(C(=C)C)c(CC)c1. The maximum absolute atomic E-state index is 4.36. The maximum Gasteiger partial charge on any atom is 0.132 e. The Morgan fingerprint density at radius 2 is 2.00 bits per heavy atom. The standard InChI is InChI=1S/C18H24N2/c1-7-11-19-18(14(5)6)20-16-9-10-17(13(3)4)15(8-2)12-16/h7,9-12H,3,5,8H2,1-2,4,6H3,(H,19,20)/b11-7-. The molecule has 1 aromatic carbocycles. The summed E-state index contributed by atoms with van der Waals surface area (Å²) in [4.78, 5) is 4.36. The van der Waals surface area contributed by atoms with E-state index in [0.717, 1.165) is 29.1 Å².